The molecule has 3 heterocycles. The van der Waals surface area contributed by atoms with Gasteiger partial charge in [0.2, 0.25) is 5.91 Å². The average molecular weight is 552 g/mol. The van der Waals surface area contributed by atoms with E-state index in [-0.39, 0.29) is 24.3 Å². The van der Waals surface area contributed by atoms with Crippen LogP contribution >= 0.6 is 0 Å². The SMILES string of the molecule is CCCO[C@@H]1CN(C2CCN(c3c(C)noc3C)CC2)C[C@H]1NC(=O)CNC(=O)c1cccc(C(F)(F)F)c1. The molecule has 2 aromatic rings. The van der Waals surface area contributed by atoms with Gasteiger partial charge in [-0.25, -0.2) is 0 Å². The van der Waals surface area contributed by atoms with Crippen molar-refractivity contribution in [2.75, 3.05) is 44.2 Å². The number of alkyl halides is 3. The van der Waals surface area contributed by atoms with Gasteiger partial charge in [-0.3, -0.25) is 14.5 Å². The molecule has 0 spiro atoms. The lowest BCUT2D eigenvalue weighted by Gasteiger charge is -2.37. The predicted octanol–water partition coefficient (Wildman–Crippen LogP) is 3.30. The lowest BCUT2D eigenvalue weighted by atomic mass is 10.0. The first kappa shape index (κ1) is 28.9. The number of nitrogens with zero attached hydrogens (tertiary/aromatic N) is 3. The second-order valence-electron chi connectivity index (χ2n) is 10.2. The Morgan fingerprint density at radius 3 is 2.56 bits per heavy atom. The normalized spacial score (nSPS) is 20.8. The summed E-state index contributed by atoms with van der Waals surface area (Å²) < 4.78 is 50.3. The number of benzene rings is 1. The molecule has 9 nitrogen and oxygen atoms in total. The maximum Gasteiger partial charge on any atom is 0.416 e. The molecule has 4 rings (SSSR count). The van der Waals surface area contributed by atoms with Crippen LogP contribution in [-0.2, 0) is 15.7 Å². The highest BCUT2D eigenvalue weighted by molar-refractivity contribution is 5.96. The van der Waals surface area contributed by atoms with E-state index in [1.54, 1.807) is 0 Å². The van der Waals surface area contributed by atoms with Crippen molar-refractivity contribution in [3.8, 4) is 0 Å². The predicted molar refractivity (Wildman–Crippen MR) is 139 cm³/mol. The summed E-state index contributed by atoms with van der Waals surface area (Å²) in [6.45, 7) is 9.19. The zero-order valence-corrected chi connectivity index (χ0v) is 22.5. The minimum Gasteiger partial charge on any atom is -0.375 e. The third-order valence-electron chi connectivity index (χ3n) is 7.33. The van der Waals surface area contributed by atoms with Crippen molar-refractivity contribution in [2.24, 2.45) is 0 Å². The van der Waals surface area contributed by atoms with Gasteiger partial charge in [-0.2, -0.15) is 13.2 Å². The molecular weight excluding hydrogens is 515 g/mol. The van der Waals surface area contributed by atoms with Crippen molar-refractivity contribution in [1.82, 2.24) is 20.7 Å². The van der Waals surface area contributed by atoms with Gasteiger partial charge in [0, 0.05) is 44.4 Å². The first-order chi connectivity index (χ1) is 18.6. The van der Waals surface area contributed by atoms with Crippen LogP contribution < -0.4 is 15.5 Å². The van der Waals surface area contributed by atoms with Gasteiger partial charge in [0.25, 0.3) is 5.91 Å². The molecule has 1 aromatic carbocycles. The van der Waals surface area contributed by atoms with E-state index >= 15 is 0 Å². The number of likely N-dealkylation sites (tertiary alicyclic amines) is 1. The van der Waals surface area contributed by atoms with Gasteiger partial charge < -0.3 is 24.8 Å². The Balaban J connectivity index is 1.30. The molecule has 0 bridgehead atoms. The Hall–Kier alpha value is -3.12. The van der Waals surface area contributed by atoms with Gasteiger partial charge in [-0.15, -0.1) is 0 Å². The monoisotopic (exact) mass is 551 g/mol. The average Bonchev–Trinajstić information content (AvgIpc) is 3.47. The number of halogens is 3. The molecular formula is C27H36F3N5O4. The topological polar surface area (TPSA) is 99.9 Å². The molecule has 214 valence electrons. The van der Waals surface area contributed by atoms with Crippen LogP contribution in [-0.4, -0.2) is 79.4 Å². The summed E-state index contributed by atoms with van der Waals surface area (Å²) in [5.74, 6) is -0.336. The van der Waals surface area contributed by atoms with Gasteiger partial charge in [0.05, 0.1) is 24.3 Å². The maximum atomic E-state index is 13.0. The molecule has 12 heteroatoms. The fourth-order valence-electron chi connectivity index (χ4n) is 5.42. The van der Waals surface area contributed by atoms with Crippen LogP contribution in [0.4, 0.5) is 18.9 Å². The summed E-state index contributed by atoms with van der Waals surface area (Å²) in [5, 5.41) is 9.45. The van der Waals surface area contributed by atoms with E-state index in [9.17, 15) is 22.8 Å². The molecule has 0 radical (unpaired) electrons. The van der Waals surface area contributed by atoms with Crippen LogP contribution in [0.5, 0.6) is 0 Å². The number of aryl methyl sites for hydroxylation is 2. The minimum absolute atomic E-state index is 0.156. The Labute approximate surface area is 226 Å². The number of carbonyl (C=O) groups excluding carboxylic acids is 2. The van der Waals surface area contributed by atoms with Gasteiger partial charge in [-0.1, -0.05) is 18.1 Å². The highest BCUT2D eigenvalue weighted by atomic mass is 19.4. The van der Waals surface area contributed by atoms with Gasteiger partial charge in [-0.05, 0) is 51.3 Å². The zero-order valence-electron chi connectivity index (χ0n) is 22.5. The number of piperidine rings is 1. The summed E-state index contributed by atoms with van der Waals surface area (Å²) >= 11 is 0. The van der Waals surface area contributed by atoms with Crippen LogP contribution in [0.25, 0.3) is 0 Å². The van der Waals surface area contributed by atoms with Crippen molar-refractivity contribution >= 4 is 17.5 Å². The fourth-order valence-corrected chi connectivity index (χ4v) is 5.42. The molecule has 1 aromatic heterocycles. The van der Waals surface area contributed by atoms with E-state index in [1.165, 1.54) is 12.1 Å². The molecule has 2 atom stereocenters. The molecule has 2 aliphatic heterocycles. The van der Waals surface area contributed by atoms with E-state index in [1.807, 2.05) is 20.8 Å². The van der Waals surface area contributed by atoms with Gasteiger partial charge >= 0.3 is 6.18 Å². The van der Waals surface area contributed by atoms with Crippen LogP contribution in [0, 0.1) is 13.8 Å². The van der Waals surface area contributed by atoms with Crippen molar-refractivity contribution in [1.29, 1.82) is 0 Å². The molecule has 2 amide bonds. The van der Waals surface area contributed by atoms with E-state index < -0.39 is 23.6 Å². The van der Waals surface area contributed by atoms with Crippen molar-refractivity contribution in [2.45, 2.75) is 64.4 Å². The molecule has 0 saturated carbocycles. The largest absolute Gasteiger partial charge is 0.416 e. The fraction of sp³-hybridized carbons (Fsp3) is 0.593. The van der Waals surface area contributed by atoms with Crippen molar-refractivity contribution < 1.29 is 32.0 Å². The Bertz CT molecular complexity index is 1130. The Morgan fingerprint density at radius 1 is 1.18 bits per heavy atom. The Kier molecular flexibility index (Phi) is 9.16. The molecule has 2 saturated heterocycles. The third kappa shape index (κ3) is 7.10. The highest BCUT2D eigenvalue weighted by Crippen LogP contribution is 2.31. The minimum atomic E-state index is -4.56. The number of hydrogen-bond donors (Lipinski definition) is 2. The van der Waals surface area contributed by atoms with Gasteiger partial charge in [0.15, 0.2) is 5.76 Å². The van der Waals surface area contributed by atoms with E-state index in [2.05, 4.69) is 25.6 Å². The first-order valence-electron chi connectivity index (χ1n) is 13.3. The zero-order chi connectivity index (χ0) is 28.2. The summed E-state index contributed by atoms with van der Waals surface area (Å²) in [5.41, 5.74) is 0.885. The lowest BCUT2D eigenvalue weighted by molar-refractivity contribution is -0.137. The molecule has 2 aliphatic rings. The number of rotatable bonds is 9. The number of nitrogens with one attached hydrogen (secondary N) is 2. The van der Waals surface area contributed by atoms with Crippen LogP contribution in [0.15, 0.2) is 28.8 Å². The van der Waals surface area contributed by atoms with Crippen LogP contribution in [0.1, 0.15) is 53.6 Å². The van der Waals surface area contributed by atoms with Crippen LogP contribution in [0.3, 0.4) is 0 Å². The summed E-state index contributed by atoms with van der Waals surface area (Å²) in [6, 6.07) is 4.20. The second kappa shape index (κ2) is 12.4. The van der Waals surface area contributed by atoms with E-state index in [0.29, 0.717) is 25.7 Å². The summed E-state index contributed by atoms with van der Waals surface area (Å²) in [6.07, 6.45) is -1.98. The molecule has 2 fully saturated rings. The number of anilines is 1. The molecule has 0 aliphatic carbocycles. The number of carbonyl (C=O) groups is 2. The maximum absolute atomic E-state index is 13.0. The number of hydrogen-bond acceptors (Lipinski definition) is 7. The molecule has 39 heavy (non-hydrogen) atoms. The highest BCUT2D eigenvalue weighted by Gasteiger charge is 2.39. The third-order valence-corrected chi connectivity index (χ3v) is 7.33. The smallest absolute Gasteiger partial charge is 0.375 e. The first-order valence-corrected chi connectivity index (χ1v) is 13.3. The summed E-state index contributed by atoms with van der Waals surface area (Å²) in [7, 11) is 0. The van der Waals surface area contributed by atoms with E-state index in [4.69, 9.17) is 9.26 Å². The number of ether oxygens (including phenoxy) is 1. The Morgan fingerprint density at radius 2 is 1.92 bits per heavy atom. The molecule has 2 N–H and O–H groups in total. The van der Waals surface area contributed by atoms with E-state index in [0.717, 1.165) is 61.6 Å². The quantitative estimate of drug-likeness (QED) is 0.493. The van der Waals surface area contributed by atoms with Crippen molar-refractivity contribution in [3.63, 3.8) is 0 Å². The number of aromatic nitrogens is 1. The van der Waals surface area contributed by atoms with Crippen molar-refractivity contribution in [3.05, 3.63) is 46.8 Å². The standard InChI is InChI=1S/C27H36F3N5O4/c1-4-12-38-23-16-35(21-8-10-34(11-9-21)25-17(2)33-39-18(25)3)15-22(23)32-24(36)14-31-26(37)19-6-5-7-20(13-19)27(28,29)30/h5-7,13,21-23H,4,8-12,14-16H2,1-3H3,(H,31,37)(H,32,36)/t22-,23-/m1/s1. The number of amides is 2. The second-order valence-corrected chi connectivity index (χ2v) is 10.2. The van der Waals surface area contributed by atoms with Gasteiger partial charge in [0.1, 0.15) is 11.4 Å². The molecule has 0 unspecified atom stereocenters. The summed E-state index contributed by atoms with van der Waals surface area (Å²) in [4.78, 5) is 29.7. The lowest BCUT2D eigenvalue weighted by Crippen LogP contribution is -2.48. The van der Waals surface area contributed by atoms with Crippen LogP contribution in [0.2, 0.25) is 0 Å².